The number of hydrogen-bond donors (Lipinski definition) is 5. The second-order valence-electron chi connectivity index (χ2n) is 7.23. The maximum absolute atomic E-state index is 12.0. The smallest absolute Gasteiger partial charge is 0.335 e. The molecule has 10 nitrogen and oxygen atoms in total. The number of aliphatic carboxylic acids is 1. The van der Waals surface area contributed by atoms with Gasteiger partial charge >= 0.3 is 11.9 Å². The molecular weight excluding hydrogens is 462 g/mol. The number of anilines is 1. The number of para-hydroxylation sites is 1. The van der Waals surface area contributed by atoms with Crippen LogP contribution < -0.4 is 20.9 Å². The van der Waals surface area contributed by atoms with Crippen molar-refractivity contribution < 1.29 is 33.0 Å². The van der Waals surface area contributed by atoms with Crippen LogP contribution in [0.5, 0.6) is 11.5 Å². The van der Waals surface area contributed by atoms with Gasteiger partial charge in [-0.15, -0.1) is 6.58 Å². The van der Waals surface area contributed by atoms with Gasteiger partial charge < -0.3 is 26.0 Å². The van der Waals surface area contributed by atoms with Crippen LogP contribution in [0.1, 0.15) is 43.0 Å². The van der Waals surface area contributed by atoms with E-state index in [0.29, 0.717) is 18.7 Å². The van der Waals surface area contributed by atoms with Gasteiger partial charge in [-0.25, -0.2) is 18.4 Å². The summed E-state index contributed by atoms with van der Waals surface area (Å²) in [7, 11) is -4.19. The molecule has 2 aromatic rings. The number of aromatic carboxylic acids is 1. The maximum Gasteiger partial charge on any atom is 0.335 e. The van der Waals surface area contributed by atoms with Gasteiger partial charge in [0, 0.05) is 19.0 Å². The van der Waals surface area contributed by atoms with Crippen molar-refractivity contribution in [2.75, 3.05) is 11.9 Å². The van der Waals surface area contributed by atoms with E-state index in [1.165, 1.54) is 6.07 Å². The highest BCUT2D eigenvalue weighted by atomic mass is 32.2. The van der Waals surface area contributed by atoms with Crippen molar-refractivity contribution in [2.24, 2.45) is 10.9 Å². The minimum atomic E-state index is -4.19. The summed E-state index contributed by atoms with van der Waals surface area (Å²) in [5.41, 5.74) is 5.41. The molecule has 0 heterocycles. The van der Waals surface area contributed by atoms with Crippen molar-refractivity contribution in [1.29, 1.82) is 0 Å². The molecule has 0 fully saturated rings. The highest BCUT2D eigenvalue weighted by Crippen LogP contribution is 2.37. The van der Waals surface area contributed by atoms with Gasteiger partial charge in [0.25, 0.3) is 0 Å². The second-order valence-corrected chi connectivity index (χ2v) is 8.76. The number of carbonyl (C=O) groups is 2. The van der Waals surface area contributed by atoms with Crippen molar-refractivity contribution in [3.63, 3.8) is 0 Å². The van der Waals surface area contributed by atoms with Gasteiger partial charge in [-0.05, 0) is 37.1 Å². The molecule has 0 amide bonds. The molecule has 2 rings (SSSR count). The summed E-state index contributed by atoms with van der Waals surface area (Å²) in [5, 5.41) is 25.7. The average Bonchev–Trinajstić information content (AvgIpc) is 2.78. The van der Waals surface area contributed by atoms with Gasteiger partial charge in [-0.3, -0.25) is 4.79 Å². The van der Waals surface area contributed by atoms with Crippen molar-refractivity contribution in [2.45, 2.75) is 43.5 Å². The fraction of sp³-hybridized carbons (Fsp3) is 0.304. The molecule has 0 spiro atoms. The first kappa shape index (κ1) is 28.6. The molecule has 1 atom stereocenters. The van der Waals surface area contributed by atoms with Gasteiger partial charge in [0.05, 0.1) is 11.3 Å². The first-order valence-corrected chi connectivity index (χ1v) is 12.0. The summed E-state index contributed by atoms with van der Waals surface area (Å²) in [5.74, 6) is -1.68. The van der Waals surface area contributed by atoms with Gasteiger partial charge in [0.2, 0.25) is 10.0 Å². The Morgan fingerprint density at radius 2 is 1.85 bits per heavy atom. The van der Waals surface area contributed by atoms with Crippen molar-refractivity contribution >= 4 is 27.6 Å². The number of unbranched alkanes of at least 4 members (excludes halogenated alkanes) is 1. The quantitative estimate of drug-likeness (QED) is 0.218. The molecule has 186 valence electrons. The number of carboxylic acids is 2. The van der Waals surface area contributed by atoms with E-state index in [2.05, 4.69) is 11.9 Å². The Bertz CT molecular complexity index is 1070. The lowest BCUT2D eigenvalue weighted by molar-refractivity contribution is -0.137. The van der Waals surface area contributed by atoms with Crippen LogP contribution in [0.15, 0.2) is 60.0 Å². The number of ether oxygens (including phenoxy) is 1. The number of rotatable bonds is 12. The van der Waals surface area contributed by atoms with Gasteiger partial charge in [0.15, 0.2) is 5.75 Å². The fourth-order valence-corrected chi connectivity index (χ4v) is 3.29. The standard InChI is InChI=1S/C17H20N2O5S.C6H11NO2/c1-2-3-9-19-14-10-12(17(20)21)11-15(25(18,22)23)16(14)24-13-7-5-4-6-8-13;1-2-5(7)3-4-6(8)9/h4-8,10-11,19H,2-3,9H2,1H3,(H,20,21)(H2,18,22,23);2,5H,1,3-4,7H2,(H,8,9). The van der Waals surface area contributed by atoms with Crippen LogP contribution in [0.2, 0.25) is 0 Å². The van der Waals surface area contributed by atoms with Crippen LogP contribution in [0.25, 0.3) is 0 Å². The molecule has 0 aliphatic rings. The van der Waals surface area contributed by atoms with Crippen molar-refractivity contribution in [1.82, 2.24) is 0 Å². The summed E-state index contributed by atoms with van der Waals surface area (Å²) >= 11 is 0. The minimum Gasteiger partial charge on any atom is -0.481 e. The third kappa shape index (κ3) is 10.0. The molecule has 1 unspecified atom stereocenters. The van der Waals surface area contributed by atoms with E-state index in [0.717, 1.165) is 18.9 Å². The molecular formula is C23H31N3O7S. The Morgan fingerprint density at radius 3 is 2.35 bits per heavy atom. The highest BCUT2D eigenvalue weighted by molar-refractivity contribution is 7.89. The zero-order chi connectivity index (χ0) is 25.7. The molecule has 0 aliphatic heterocycles. The van der Waals surface area contributed by atoms with Crippen LogP contribution in [-0.4, -0.2) is 43.2 Å². The first-order valence-electron chi connectivity index (χ1n) is 10.5. The van der Waals surface area contributed by atoms with Crippen LogP contribution in [0.3, 0.4) is 0 Å². The highest BCUT2D eigenvalue weighted by Gasteiger charge is 2.23. The molecule has 0 radical (unpaired) electrons. The third-order valence-corrected chi connectivity index (χ3v) is 5.33. The Balaban J connectivity index is 0.000000546. The molecule has 0 bridgehead atoms. The van der Waals surface area contributed by atoms with Gasteiger partial charge in [-0.1, -0.05) is 37.6 Å². The molecule has 7 N–H and O–H groups in total. The van der Waals surface area contributed by atoms with E-state index < -0.39 is 22.0 Å². The lowest BCUT2D eigenvalue weighted by Gasteiger charge is -2.17. The third-order valence-electron chi connectivity index (χ3n) is 4.41. The Labute approximate surface area is 199 Å². The first-order chi connectivity index (χ1) is 16.0. The molecule has 0 saturated heterocycles. The number of benzene rings is 2. The molecule has 0 aromatic heterocycles. The Kier molecular flexibility index (Phi) is 11.8. The molecule has 2 aromatic carbocycles. The lowest BCUT2D eigenvalue weighted by Crippen LogP contribution is -2.17. The van der Waals surface area contributed by atoms with E-state index in [1.807, 2.05) is 6.92 Å². The number of sulfonamides is 1. The molecule has 0 saturated carbocycles. The predicted octanol–water partition coefficient (Wildman–Crippen LogP) is 3.40. The van der Waals surface area contributed by atoms with Crippen LogP contribution in [0.4, 0.5) is 5.69 Å². The van der Waals surface area contributed by atoms with Crippen molar-refractivity contribution in [3.05, 3.63) is 60.7 Å². The normalized spacial score (nSPS) is 11.5. The fourth-order valence-electron chi connectivity index (χ4n) is 2.59. The second kappa shape index (κ2) is 14.0. The van der Waals surface area contributed by atoms with Crippen LogP contribution in [0, 0.1) is 0 Å². The summed E-state index contributed by atoms with van der Waals surface area (Å²) in [6.07, 6.45) is 3.88. The average molecular weight is 494 g/mol. The number of nitrogens with one attached hydrogen (secondary N) is 1. The van der Waals surface area contributed by atoms with Crippen molar-refractivity contribution in [3.8, 4) is 11.5 Å². The Morgan fingerprint density at radius 1 is 1.21 bits per heavy atom. The molecule has 11 heteroatoms. The van der Waals surface area contributed by atoms with Gasteiger partial charge in [0.1, 0.15) is 10.6 Å². The number of nitrogens with two attached hydrogens (primary N) is 2. The number of primary sulfonamides is 1. The van der Waals surface area contributed by atoms with Crippen LogP contribution in [-0.2, 0) is 14.8 Å². The van der Waals surface area contributed by atoms with Crippen LogP contribution >= 0.6 is 0 Å². The monoisotopic (exact) mass is 493 g/mol. The molecule has 34 heavy (non-hydrogen) atoms. The summed E-state index contributed by atoms with van der Waals surface area (Å²) < 4.78 is 29.7. The van der Waals surface area contributed by atoms with E-state index >= 15 is 0 Å². The van der Waals surface area contributed by atoms with E-state index in [4.69, 9.17) is 20.7 Å². The zero-order valence-corrected chi connectivity index (χ0v) is 19.8. The summed E-state index contributed by atoms with van der Waals surface area (Å²) in [6.45, 7) is 5.96. The van der Waals surface area contributed by atoms with E-state index in [1.54, 1.807) is 36.4 Å². The number of hydrogen-bond acceptors (Lipinski definition) is 7. The lowest BCUT2D eigenvalue weighted by atomic mass is 10.1. The van der Waals surface area contributed by atoms with E-state index in [9.17, 15) is 23.1 Å². The number of carboxylic acid groups (broad SMARTS) is 2. The summed E-state index contributed by atoms with van der Waals surface area (Å²) in [4.78, 5) is 20.9. The molecule has 0 aliphatic carbocycles. The predicted molar refractivity (Wildman–Crippen MR) is 130 cm³/mol. The Hall–Kier alpha value is -3.41. The topological polar surface area (TPSA) is 182 Å². The maximum atomic E-state index is 12.0. The summed E-state index contributed by atoms with van der Waals surface area (Å²) in [6, 6.07) is 10.7. The largest absolute Gasteiger partial charge is 0.481 e. The SMILES string of the molecule is C=CC(N)CCC(=O)O.CCCCNc1cc(C(=O)O)cc(S(N)(=O)=O)c1Oc1ccccc1. The van der Waals surface area contributed by atoms with E-state index in [-0.39, 0.29) is 34.4 Å². The zero-order valence-electron chi connectivity index (χ0n) is 18.9. The minimum absolute atomic E-state index is 0.0187. The van der Waals surface area contributed by atoms with Gasteiger partial charge in [-0.2, -0.15) is 0 Å².